The first kappa shape index (κ1) is 6.28. The second-order valence-corrected chi connectivity index (χ2v) is 2.57. The van der Waals surface area contributed by atoms with E-state index in [1.807, 2.05) is 23.7 Å². The molecule has 1 radical (unpaired) electrons. The second kappa shape index (κ2) is 2.02. The molecule has 0 aliphatic carbocycles. The van der Waals surface area contributed by atoms with Gasteiger partial charge in [0.05, 0.1) is 5.52 Å². The van der Waals surface area contributed by atoms with Crippen LogP contribution in [-0.2, 0) is 7.05 Å². The summed E-state index contributed by atoms with van der Waals surface area (Å²) in [5.74, 6) is 0.319. The summed E-state index contributed by atoms with van der Waals surface area (Å²) in [6.07, 6.45) is 1.69. The van der Waals surface area contributed by atoms with Crippen molar-refractivity contribution in [1.82, 2.24) is 4.57 Å². The predicted molar refractivity (Wildman–Crippen MR) is 43.4 cm³/mol. The van der Waals surface area contributed by atoms with Crippen LogP contribution in [-0.4, -0.2) is 9.67 Å². The number of hydrogen-bond donors (Lipinski definition) is 1. The number of rotatable bonds is 0. The molecule has 0 aliphatic rings. The summed E-state index contributed by atoms with van der Waals surface area (Å²) in [4.78, 5) is 0. The fourth-order valence-electron chi connectivity index (χ4n) is 1.26. The maximum atomic E-state index is 9.35. The van der Waals surface area contributed by atoms with Crippen LogP contribution in [0.25, 0.3) is 10.9 Å². The van der Waals surface area contributed by atoms with E-state index in [-0.39, 0.29) is 0 Å². The summed E-state index contributed by atoms with van der Waals surface area (Å²) in [7, 11) is 1.90. The summed E-state index contributed by atoms with van der Waals surface area (Å²) in [6, 6.07) is 8.46. The summed E-state index contributed by atoms with van der Waals surface area (Å²) in [6.45, 7) is 0. The van der Waals surface area contributed by atoms with Gasteiger partial charge in [-0.05, 0) is 18.2 Å². The predicted octanol–water partition coefficient (Wildman–Crippen LogP) is 1.68. The van der Waals surface area contributed by atoms with Crippen molar-refractivity contribution in [3.05, 3.63) is 30.5 Å². The number of aromatic hydroxyl groups is 1. The highest BCUT2D eigenvalue weighted by Crippen LogP contribution is 2.24. The average Bonchev–Trinajstić information content (AvgIpc) is 2.30. The first-order valence-electron chi connectivity index (χ1n) is 3.43. The third-order valence-corrected chi connectivity index (χ3v) is 1.81. The molecule has 0 fully saturated rings. The first-order valence-corrected chi connectivity index (χ1v) is 3.43. The van der Waals surface area contributed by atoms with E-state index in [1.54, 1.807) is 12.3 Å². The highest BCUT2D eigenvalue weighted by Gasteiger charge is 2.01. The van der Waals surface area contributed by atoms with E-state index in [0.717, 1.165) is 10.9 Å². The molecule has 0 spiro atoms. The largest absolute Gasteiger partial charge is 0.506 e. The third-order valence-electron chi connectivity index (χ3n) is 1.81. The van der Waals surface area contributed by atoms with Crippen molar-refractivity contribution in [2.45, 2.75) is 0 Å². The summed E-state index contributed by atoms with van der Waals surface area (Å²) in [5, 5.41) is 10.2. The molecule has 11 heavy (non-hydrogen) atoms. The first-order chi connectivity index (χ1) is 5.29. The van der Waals surface area contributed by atoms with E-state index in [1.165, 1.54) is 0 Å². The topological polar surface area (TPSA) is 25.2 Å². The van der Waals surface area contributed by atoms with Gasteiger partial charge in [-0.15, -0.1) is 0 Å². The Hall–Kier alpha value is -1.44. The second-order valence-electron chi connectivity index (χ2n) is 2.57. The lowest BCUT2D eigenvalue weighted by atomic mass is 10.2. The number of aromatic nitrogens is 1. The van der Waals surface area contributed by atoms with Gasteiger partial charge in [0.25, 0.3) is 0 Å². The van der Waals surface area contributed by atoms with E-state index < -0.39 is 0 Å². The zero-order chi connectivity index (χ0) is 7.84. The van der Waals surface area contributed by atoms with Gasteiger partial charge in [0, 0.05) is 18.6 Å². The number of hydrogen-bond acceptors (Lipinski definition) is 1. The average molecular weight is 146 g/mol. The zero-order valence-electron chi connectivity index (χ0n) is 6.20. The molecule has 2 aromatic rings. The van der Waals surface area contributed by atoms with Crippen LogP contribution in [0.5, 0.6) is 5.75 Å². The van der Waals surface area contributed by atoms with Crippen LogP contribution in [0.1, 0.15) is 0 Å². The quantitative estimate of drug-likeness (QED) is 0.601. The molecule has 55 valence electrons. The molecule has 0 bridgehead atoms. The molecule has 1 N–H and O–H groups in total. The van der Waals surface area contributed by atoms with Crippen molar-refractivity contribution in [2.75, 3.05) is 0 Å². The van der Waals surface area contributed by atoms with Crippen molar-refractivity contribution in [1.29, 1.82) is 0 Å². The van der Waals surface area contributed by atoms with Gasteiger partial charge in [0.15, 0.2) is 0 Å². The number of nitrogens with zero attached hydrogens (tertiary/aromatic N) is 1. The van der Waals surface area contributed by atoms with Gasteiger partial charge in [-0.25, -0.2) is 0 Å². The Kier molecular flexibility index (Phi) is 1.15. The van der Waals surface area contributed by atoms with Crippen LogP contribution in [0.2, 0.25) is 0 Å². The standard InChI is InChI=1S/C9H8NO/c1-10-6-9(11)7-4-2-3-5-8(7)10/h3-6,11H,1H3. The molecule has 2 heteroatoms. The van der Waals surface area contributed by atoms with Crippen molar-refractivity contribution in [2.24, 2.45) is 7.05 Å². The van der Waals surface area contributed by atoms with Crippen molar-refractivity contribution < 1.29 is 5.11 Å². The van der Waals surface area contributed by atoms with Crippen LogP contribution in [0.4, 0.5) is 0 Å². The minimum Gasteiger partial charge on any atom is -0.506 e. The van der Waals surface area contributed by atoms with Gasteiger partial charge in [-0.3, -0.25) is 0 Å². The zero-order valence-corrected chi connectivity index (χ0v) is 6.20. The number of aryl methyl sites for hydroxylation is 1. The molecule has 1 aromatic heterocycles. The van der Waals surface area contributed by atoms with E-state index >= 15 is 0 Å². The molecule has 1 heterocycles. The van der Waals surface area contributed by atoms with Crippen LogP contribution >= 0.6 is 0 Å². The van der Waals surface area contributed by atoms with Crippen LogP contribution in [0, 0.1) is 6.07 Å². The molecular weight excluding hydrogens is 138 g/mol. The molecule has 1 aromatic carbocycles. The maximum Gasteiger partial charge on any atom is 0.141 e. The van der Waals surface area contributed by atoms with Crippen LogP contribution < -0.4 is 0 Å². The van der Waals surface area contributed by atoms with Crippen LogP contribution in [0.3, 0.4) is 0 Å². The van der Waals surface area contributed by atoms with Gasteiger partial charge >= 0.3 is 0 Å². The van der Waals surface area contributed by atoms with Gasteiger partial charge in [-0.2, -0.15) is 0 Å². The van der Waals surface area contributed by atoms with E-state index in [0.29, 0.717) is 5.75 Å². The van der Waals surface area contributed by atoms with E-state index in [4.69, 9.17) is 0 Å². The van der Waals surface area contributed by atoms with Crippen molar-refractivity contribution in [3.63, 3.8) is 0 Å². The lowest BCUT2D eigenvalue weighted by Crippen LogP contribution is -1.81. The Balaban J connectivity index is 2.95. The lowest BCUT2D eigenvalue weighted by molar-refractivity contribution is 0.479. The molecule has 0 unspecified atom stereocenters. The minimum absolute atomic E-state index is 0.319. The van der Waals surface area contributed by atoms with Crippen molar-refractivity contribution >= 4 is 10.9 Å². The smallest absolute Gasteiger partial charge is 0.141 e. The molecular formula is C9H8NO. The van der Waals surface area contributed by atoms with Gasteiger partial charge in [-0.1, -0.05) is 6.07 Å². The highest BCUT2D eigenvalue weighted by atomic mass is 16.3. The fraction of sp³-hybridized carbons (Fsp3) is 0.111. The number of fused-ring (bicyclic) bond motifs is 1. The van der Waals surface area contributed by atoms with Gasteiger partial charge in [0.2, 0.25) is 0 Å². The van der Waals surface area contributed by atoms with Crippen molar-refractivity contribution in [3.8, 4) is 5.75 Å². The molecule has 0 saturated heterocycles. The number of benzene rings is 1. The van der Waals surface area contributed by atoms with Gasteiger partial charge in [0.1, 0.15) is 5.75 Å². The van der Waals surface area contributed by atoms with Crippen LogP contribution in [0.15, 0.2) is 24.4 Å². The van der Waals surface area contributed by atoms with E-state index in [2.05, 4.69) is 6.07 Å². The lowest BCUT2D eigenvalue weighted by Gasteiger charge is -1.91. The normalized spacial score (nSPS) is 10.6. The molecule has 0 atom stereocenters. The minimum atomic E-state index is 0.319. The molecule has 0 saturated carbocycles. The third kappa shape index (κ3) is 0.792. The SMILES string of the molecule is Cn1cc(O)c2c[c]ccc21. The Morgan fingerprint density at radius 2 is 2.36 bits per heavy atom. The Morgan fingerprint density at radius 1 is 1.55 bits per heavy atom. The Labute approximate surface area is 64.7 Å². The summed E-state index contributed by atoms with van der Waals surface area (Å²) in [5.41, 5.74) is 1.03. The monoisotopic (exact) mass is 146 g/mol. The molecule has 2 rings (SSSR count). The summed E-state index contributed by atoms with van der Waals surface area (Å²) >= 11 is 0. The van der Waals surface area contributed by atoms with E-state index in [9.17, 15) is 5.11 Å². The highest BCUT2D eigenvalue weighted by molar-refractivity contribution is 5.86. The molecule has 0 aliphatic heterocycles. The molecule has 0 amide bonds. The molecule has 2 nitrogen and oxygen atoms in total. The summed E-state index contributed by atoms with van der Waals surface area (Å²) < 4.78 is 1.89. The van der Waals surface area contributed by atoms with Gasteiger partial charge < -0.3 is 9.67 Å². The maximum absolute atomic E-state index is 9.35. The Bertz CT molecular complexity index is 353. The fourth-order valence-corrected chi connectivity index (χ4v) is 1.26. The Morgan fingerprint density at radius 3 is 3.09 bits per heavy atom.